The number of rotatable bonds is 2. The molecule has 1 amide bonds. The monoisotopic (exact) mass is 304 g/mol. The van der Waals surface area contributed by atoms with Crippen molar-refractivity contribution < 1.29 is 13.2 Å². The summed E-state index contributed by atoms with van der Waals surface area (Å²) in [6.45, 7) is 0.557. The highest BCUT2D eigenvalue weighted by Gasteiger charge is 2.25. The van der Waals surface area contributed by atoms with Gasteiger partial charge in [0.2, 0.25) is 0 Å². The molecule has 0 aliphatic carbocycles. The van der Waals surface area contributed by atoms with E-state index in [1.54, 1.807) is 17.0 Å². The quantitative estimate of drug-likeness (QED) is 0.841. The standard InChI is InChI=1S/C15H16N2O3S/c18-15(17-9-11-21(19,20)12-10-17)13-3-5-14(6-4-13)16-7-1-2-8-16/h1-8H,9-12H2. The lowest BCUT2D eigenvalue weighted by atomic mass is 10.1. The molecule has 1 aromatic heterocycles. The van der Waals surface area contributed by atoms with E-state index in [4.69, 9.17) is 0 Å². The van der Waals surface area contributed by atoms with Gasteiger partial charge in [-0.3, -0.25) is 4.79 Å². The molecule has 1 aliphatic rings. The second-order valence-electron chi connectivity index (χ2n) is 5.08. The molecule has 2 aromatic rings. The van der Waals surface area contributed by atoms with Crippen molar-refractivity contribution in [3.05, 3.63) is 54.4 Å². The summed E-state index contributed by atoms with van der Waals surface area (Å²) in [4.78, 5) is 13.9. The number of hydrogen-bond acceptors (Lipinski definition) is 3. The van der Waals surface area contributed by atoms with E-state index in [1.165, 1.54) is 0 Å². The summed E-state index contributed by atoms with van der Waals surface area (Å²) in [5.41, 5.74) is 1.57. The van der Waals surface area contributed by atoms with Crippen molar-refractivity contribution in [3.8, 4) is 5.69 Å². The lowest BCUT2D eigenvalue weighted by Gasteiger charge is -2.26. The van der Waals surface area contributed by atoms with E-state index >= 15 is 0 Å². The Hall–Kier alpha value is -2.08. The van der Waals surface area contributed by atoms with Crippen LogP contribution in [0.3, 0.4) is 0 Å². The van der Waals surface area contributed by atoms with Crippen molar-refractivity contribution in [2.45, 2.75) is 0 Å². The topological polar surface area (TPSA) is 59.4 Å². The van der Waals surface area contributed by atoms with E-state index in [-0.39, 0.29) is 30.5 Å². The van der Waals surface area contributed by atoms with E-state index in [2.05, 4.69) is 0 Å². The van der Waals surface area contributed by atoms with E-state index in [9.17, 15) is 13.2 Å². The Kier molecular flexibility index (Phi) is 3.55. The van der Waals surface area contributed by atoms with Gasteiger partial charge >= 0.3 is 0 Å². The predicted molar refractivity (Wildman–Crippen MR) is 80.3 cm³/mol. The minimum absolute atomic E-state index is 0.0557. The molecule has 0 unspecified atom stereocenters. The first-order chi connectivity index (χ1) is 10.1. The van der Waals surface area contributed by atoms with Gasteiger partial charge in [-0.05, 0) is 36.4 Å². The van der Waals surface area contributed by atoms with Crippen LogP contribution in [-0.4, -0.2) is 48.4 Å². The third kappa shape index (κ3) is 3.00. The molecule has 1 saturated heterocycles. The number of nitrogens with zero attached hydrogens (tertiary/aromatic N) is 2. The summed E-state index contributed by atoms with van der Waals surface area (Å²) >= 11 is 0. The summed E-state index contributed by atoms with van der Waals surface area (Å²) < 4.78 is 24.7. The van der Waals surface area contributed by atoms with Gasteiger partial charge in [0, 0.05) is 36.7 Å². The molecule has 0 bridgehead atoms. The van der Waals surface area contributed by atoms with Crippen LogP contribution in [0.2, 0.25) is 0 Å². The molecule has 0 atom stereocenters. The molecule has 5 nitrogen and oxygen atoms in total. The molecule has 1 aliphatic heterocycles. The lowest BCUT2D eigenvalue weighted by molar-refractivity contribution is 0.0770. The molecular weight excluding hydrogens is 288 g/mol. The second kappa shape index (κ2) is 5.37. The molecule has 0 N–H and O–H groups in total. The van der Waals surface area contributed by atoms with E-state index < -0.39 is 9.84 Å². The Balaban J connectivity index is 1.74. The van der Waals surface area contributed by atoms with Crippen molar-refractivity contribution in [2.75, 3.05) is 24.6 Å². The maximum Gasteiger partial charge on any atom is 0.253 e. The third-order valence-electron chi connectivity index (χ3n) is 3.65. The van der Waals surface area contributed by atoms with Crippen LogP contribution >= 0.6 is 0 Å². The van der Waals surface area contributed by atoms with E-state index in [0.29, 0.717) is 5.56 Å². The fourth-order valence-electron chi connectivity index (χ4n) is 2.38. The highest BCUT2D eigenvalue weighted by atomic mass is 32.2. The Bertz CT molecular complexity index is 720. The van der Waals surface area contributed by atoms with Crippen LogP contribution < -0.4 is 0 Å². The zero-order valence-corrected chi connectivity index (χ0v) is 12.3. The number of hydrogen-bond donors (Lipinski definition) is 0. The lowest BCUT2D eigenvalue weighted by Crippen LogP contribution is -2.43. The summed E-state index contributed by atoms with van der Waals surface area (Å²) in [6, 6.07) is 11.2. The minimum atomic E-state index is -2.96. The zero-order chi connectivity index (χ0) is 14.9. The number of carbonyl (C=O) groups excluding carboxylic acids is 1. The first-order valence-electron chi connectivity index (χ1n) is 6.78. The van der Waals surface area contributed by atoms with E-state index in [1.807, 2.05) is 41.2 Å². The average molecular weight is 304 g/mol. The molecular formula is C15H16N2O3S. The maximum absolute atomic E-state index is 12.3. The number of amides is 1. The molecule has 0 radical (unpaired) electrons. The van der Waals surface area contributed by atoms with Gasteiger partial charge in [-0.1, -0.05) is 0 Å². The first-order valence-corrected chi connectivity index (χ1v) is 8.60. The van der Waals surface area contributed by atoms with Crippen molar-refractivity contribution in [1.82, 2.24) is 9.47 Å². The summed E-state index contributed by atoms with van der Waals surface area (Å²) in [7, 11) is -2.96. The van der Waals surface area contributed by atoms with Crippen molar-refractivity contribution in [3.63, 3.8) is 0 Å². The SMILES string of the molecule is O=C(c1ccc(-n2cccc2)cc1)N1CCS(=O)(=O)CC1. The average Bonchev–Trinajstić information content (AvgIpc) is 3.01. The maximum atomic E-state index is 12.3. The van der Waals surface area contributed by atoms with Gasteiger partial charge in [-0.25, -0.2) is 8.42 Å². The Morgan fingerprint density at radius 3 is 2.10 bits per heavy atom. The molecule has 1 aromatic carbocycles. The largest absolute Gasteiger partial charge is 0.337 e. The molecule has 21 heavy (non-hydrogen) atoms. The van der Waals surface area contributed by atoms with Crippen LogP contribution in [0.25, 0.3) is 5.69 Å². The van der Waals surface area contributed by atoms with Gasteiger partial charge in [0.1, 0.15) is 0 Å². The molecule has 0 spiro atoms. The van der Waals surface area contributed by atoms with E-state index in [0.717, 1.165) is 5.69 Å². The molecule has 0 saturated carbocycles. The molecule has 110 valence electrons. The van der Waals surface area contributed by atoms with Crippen molar-refractivity contribution in [2.24, 2.45) is 0 Å². The number of carbonyl (C=O) groups is 1. The highest BCUT2D eigenvalue weighted by molar-refractivity contribution is 7.91. The normalized spacial score (nSPS) is 17.6. The number of sulfone groups is 1. The van der Waals surface area contributed by atoms with Gasteiger partial charge < -0.3 is 9.47 Å². The van der Waals surface area contributed by atoms with Crippen LogP contribution in [0.1, 0.15) is 10.4 Å². The second-order valence-corrected chi connectivity index (χ2v) is 7.38. The van der Waals surface area contributed by atoms with Gasteiger partial charge in [0.25, 0.3) is 5.91 Å². The molecule has 2 heterocycles. The highest BCUT2D eigenvalue weighted by Crippen LogP contribution is 2.13. The zero-order valence-electron chi connectivity index (χ0n) is 11.5. The fraction of sp³-hybridized carbons (Fsp3) is 0.267. The Morgan fingerprint density at radius 1 is 0.952 bits per heavy atom. The molecule has 6 heteroatoms. The van der Waals surface area contributed by atoms with Crippen LogP contribution in [-0.2, 0) is 9.84 Å². The summed E-state index contributed by atoms with van der Waals surface area (Å²) in [5.74, 6) is 0.00404. The molecule has 1 fully saturated rings. The number of aromatic nitrogens is 1. The first kappa shape index (κ1) is 13.9. The van der Waals surface area contributed by atoms with Crippen molar-refractivity contribution in [1.29, 1.82) is 0 Å². The van der Waals surface area contributed by atoms with Gasteiger partial charge in [0.05, 0.1) is 11.5 Å². The Labute approximate surface area is 123 Å². The third-order valence-corrected chi connectivity index (χ3v) is 5.26. The van der Waals surface area contributed by atoms with Crippen LogP contribution in [0.4, 0.5) is 0 Å². The van der Waals surface area contributed by atoms with Gasteiger partial charge in [0.15, 0.2) is 9.84 Å². The fourth-order valence-corrected chi connectivity index (χ4v) is 3.58. The summed E-state index contributed by atoms with van der Waals surface area (Å²) in [6.07, 6.45) is 3.87. The Morgan fingerprint density at radius 2 is 1.52 bits per heavy atom. The molecule has 3 rings (SSSR count). The van der Waals surface area contributed by atoms with Crippen molar-refractivity contribution >= 4 is 15.7 Å². The van der Waals surface area contributed by atoms with Crippen LogP contribution in [0.5, 0.6) is 0 Å². The number of benzene rings is 1. The predicted octanol–water partition coefficient (Wildman–Crippen LogP) is 1.35. The van der Waals surface area contributed by atoms with Crippen LogP contribution in [0, 0.1) is 0 Å². The smallest absolute Gasteiger partial charge is 0.253 e. The van der Waals surface area contributed by atoms with Gasteiger partial charge in [-0.2, -0.15) is 0 Å². The summed E-state index contributed by atoms with van der Waals surface area (Å²) in [5, 5.41) is 0. The minimum Gasteiger partial charge on any atom is -0.337 e. The van der Waals surface area contributed by atoms with Crippen LogP contribution in [0.15, 0.2) is 48.8 Å². The van der Waals surface area contributed by atoms with Gasteiger partial charge in [-0.15, -0.1) is 0 Å².